The molecule has 1 aromatic rings. The first-order chi connectivity index (χ1) is 9.40. The number of carboxylic acid groups (broad SMARTS) is 1. The molecular weight excluding hydrogens is 280 g/mol. The highest BCUT2D eigenvalue weighted by Gasteiger charge is 2.40. The third-order valence-electron chi connectivity index (χ3n) is 3.33. The molecule has 108 valence electrons. The number of amides is 2. The summed E-state index contributed by atoms with van der Waals surface area (Å²) in [5.74, 6) is -1.51. The van der Waals surface area contributed by atoms with Crippen LogP contribution in [0.1, 0.15) is 29.9 Å². The summed E-state index contributed by atoms with van der Waals surface area (Å²) in [6, 6.07) is 2.49. The second-order valence-corrected chi connectivity index (χ2v) is 5.98. The van der Waals surface area contributed by atoms with E-state index < -0.39 is 12.0 Å². The first kappa shape index (κ1) is 14.5. The summed E-state index contributed by atoms with van der Waals surface area (Å²) >= 11 is 1.16. The Bertz CT molecular complexity index is 554. The van der Waals surface area contributed by atoms with Gasteiger partial charge >= 0.3 is 5.97 Å². The minimum atomic E-state index is -0.970. The van der Waals surface area contributed by atoms with E-state index in [-0.39, 0.29) is 17.7 Å². The predicted octanol–water partition coefficient (Wildman–Crippen LogP) is 1.64. The van der Waals surface area contributed by atoms with Crippen molar-refractivity contribution in [2.75, 3.05) is 11.9 Å². The Morgan fingerprint density at radius 1 is 1.40 bits per heavy atom. The van der Waals surface area contributed by atoms with Crippen LogP contribution in [0, 0.1) is 5.92 Å². The molecule has 2 rings (SSSR count). The third-order valence-corrected chi connectivity index (χ3v) is 4.32. The Hall–Kier alpha value is -1.89. The van der Waals surface area contributed by atoms with Crippen LogP contribution in [0.5, 0.6) is 0 Å². The van der Waals surface area contributed by atoms with E-state index in [0.717, 1.165) is 11.3 Å². The van der Waals surface area contributed by atoms with Crippen LogP contribution in [-0.2, 0) is 9.59 Å². The third kappa shape index (κ3) is 2.82. The molecule has 7 heteroatoms. The van der Waals surface area contributed by atoms with E-state index in [1.807, 2.05) is 6.92 Å². The van der Waals surface area contributed by atoms with Crippen molar-refractivity contribution in [2.24, 2.45) is 5.92 Å². The van der Waals surface area contributed by atoms with Gasteiger partial charge in [0.2, 0.25) is 5.91 Å². The lowest BCUT2D eigenvalue weighted by Crippen LogP contribution is -2.42. The minimum absolute atomic E-state index is 0.0498. The van der Waals surface area contributed by atoms with Crippen LogP contribution in [-0.4, -0.2) is 40.4 Å². The van der Waals surface area contributed by atoms with E-state index in [1.54, 1.807) is 12.1 Å². The zero-order valence-corrected chi connectivity index (χ0v) is 12.1. The smallest absolute Gasteiger partial charge is 0.326 e. The van der Waals surface area contributed by atoms with Crippen molar-refractivity contribution >= 4 is 34.1 Å². The normalized spacial score (nSPS) is 21.8. The molecule has 1 saturated heterocycles. The molecule has 0 spiro atoms. The summed E-state index contributed by atoms with van der Waals surface area (Å²) < 4.78 is 0. The van der Waals surface area contributed by atoms with Crippen LogP contribution in [0.15, 0.2) is 12.1 Å². The largest absolute Gasteiger partial charge is 0.480 e. The Morgan fingerprint density at radius 3 is 2.70 bits per heavy atom. The molecule has 20 heavy (non-hydrogen) atoms. The van der Waals surface area contributed by atoms with Crippen molar-refractivity contribution < 1.29 is 19.5 Å². The van der Waals surface area contributed by atoms with Crippen molar-refractivity contribution in [3.05, 3.63) is 17.0 Å². The number of carboxylic acids is 1. The highest BCUT2D eigenvalue weighted by atomic mass is 32.1. The fourth-order valence-electron chi connectivity index (χ4n) is 2.39. The molecule has 2 heterocycles. The lowest BCUT2D eigenvalue weighted by molar-refractivity contribution is -0.142. The molecule has 1 aliphatic heterocycles. The molecule has 1 aromatic heterocycles. The standard InChI is InChI=1S/C13H16N2O4S/c1-7-5-6-15(11(7)13(18)19)12(17)9-3-4-10(20-9)14-8(2)16/h3-4,7,11H,5-6H2,1-2H3,(H,14,16)(H,18,19). The van der Waals surface area contributed by atoms with Crippen LogP contribution >= 0.6 is 11.3 Å². The maximum absolute atomic E-state index is 12.4. The summed E-state index contributed by atoms with van der Waals surface area (Å²) in [4.78, 5) is 36.4. The summed E-state index contributed by atoms with van der Waals surface area (Å²) in [7, 11) is 0. The number of nitrogens with zero attached hydrogens (tertiary/aromatic N) is 1. The van der Waals surface area contributed by atoms with Gasteiger partial charge in [-0.25, -0.2) is 4.79 Å². The molecule has 0 radical (unpaired) electrons. The van der Waals surface area contributed by atoms with E-state index in [1.165, 1.54) is 11.8 Å². The molecule has 2 unspecified atom stereocenters. The average molecular weight is 296 g/mol. The zero-order valence-electron chi connectivity index (χ0n) is 11.3. The van der Waals surface area contributed by atoms with E-state index in [4.69, 9.17) is 0 Å². The summed E-state index contributed by atoms with van der Waals surface area (Å²) in [5.41, 5.74) is 0. The van der Waals surface area contributed by atoms with E-state index in [0.29, 0.717) is 22.8 Å². The van der Waals surface area contributed by atoms with Gasteiger partial charge in [-0.2, -0.15) is 0 Å². The molecule has 2 amide bonds. The predicted molar refractivity (Wildman–Crippen MR) is 74.9 cm³/mol. The second-order valence-electron chi connectivity index (χ2n) is 4.89. The topological polar surface area (TPSA) is 86.7 Å². The maximum Gasteiger partial charge on any atom is 0.326 e. The van der Waals surface area contributed by atoms with E-state index >= 15 is 0 Å². The fraction of sp³-hybridized carbons (Fsp3) is 0.462. The van der Waals surface area contributed by atoms with Crippen LogP contribution in [0.2, 0.25) is 0 Å². The lowest BCUT2D eigenvalue weighted by atomic mass is 10.0. The number of carbonyl (C=O) groups excluding carboxylic acids is 2. The maximum atomic E-state index is 12.4. The summed E-state index contributed by atoms with van der Waals surface area (Å²) in [6.07, 6.45) is 0.687. The highest BCUT2D eigenvalue weighted by molar-refractivity contribution is 7.18. The number of anilines is 1. The van der Waals surface area contributed by atoms with Gasteiger partial charge in [-0.1, -0.05) is 6.92 Å². The van der Waals surface area contributed by atoms with Crippen LogP contribution in [0.3, 0.4) is 0 Å². The number of aliphatic carboxylic acids is 1. The number of hydrogen-bond donors (Lipinski definition) is 2. The fourth-order valence-corrected chi connectivity index (χ4v) is 3.29. The van der Waals surface area contributed by atoms with Crippen molar-refractivity contribution in [1.29, 1.82) is 0 Å². The average Bonchev–Trinajstić information content (AvgIpc) is 2.94. The van der Waals surface area contributed by atoms with Gasteiger partial charge in [0.25, 0.3) is 5.91 Å². The van der Waals surface area contributed by atoms with Gasteiger partial charge in [-0.3, -0.25) is 9.59 Å². The second kappa shape index (κ2) is 5.62. The molecule has 1 aliphatic rings. The van der Waals surface area contributed by atoms with Gasteiger partial charge in [0.1, 0.15) is 6.04 Å². The molecular formula is C13H16N2O4S. The summed E-state index contributed by atoms with van der Waals surface area (Å²) in [5, 5.41) is 12.4. The minimum Gasteiger partial charge on any atom is -0.480 e. The van der Waals surface area contributed by atoms with E-state index in [9.17, 15) is 19.5 Å². The monoisotopic (exact) mass is 296 g/mol. The van der Waals surface area contributed by atoms with Gasteiger partial charge in [-0.05, 0) is 24.5 Å². The number of nitrogens with one attached hydrogen (secondary N) is 1. The lowest BCUT2D eigenvalue weighted by Gasteiger charge is -2.22. The van der Waals surface area contributed by atoms with Crippen LogP contribution < -0.4 is 5.32 Å². The first-order valence-corrected chi connectivity index (χ1v) is 7.13. The highest BCUT2D eigenvalue weighted by Crippen LogP contribution is 2.29. The quantitative estimate of drug-likeness (QED) is 0.887. The molecule has 0 aromatic carbocycles. The molecule has 2 N–H and O–H groups in total. The number of rotatable bonds is 3. The van der Waals surface area contributed by atoms with Crippen molar-refractivity contribution in [3.8, 4) is 0 Å². The van der Waals surface area contributed by atoms with Gasteiger partial charge in [0.15, 0.2) is 0 Å². The molecule has 0 bridgehead atoms. The molecule has 2 atom stereocenters. The molecule has 0 saturated carbocycles. The van der Waals surface area contributed by atoms with E-state index in [2.05, 4.69) is 5.32 Å². The Balaban J connectivity index is 2.16. The van der Waals surface area contributed by atoms with Crippen molar-refractivity contribution in [2.45, 2.75) is 26.3 Å². The van der Waals surface area contributed by atoms with Gasteiger partial charge in [-0.15, -0.1) is 11.3 Å². The van der Waals surface area contributed by atoms with Crippen LogP contribution in [0.4, 0.5) is 5.00 Å². The SMILES string of the molecule is CC(=O)Nc1ccc(C(=O)N2CCC(C)C2C(=O)O)s1. The van der Waals surface area contributed by atoms with Gasteiger partial charge < -0.3 is 15.3 Å². The molecule has 1 fully saturated rings. The number of carbonyl (C=O) groups is 3. The van der Waals surface area contributed by atoms with Crippen molar-refractivity contribution in [1.82, 2.24) is 4.90 Å². The van der Waals surface area contributed by atoms with Gasteiger partial charge in [0, 0.05) is 13.5 Å². The summed E-state index contributed by atoms with van der Waals surface area (Å²) in [6.45, 7) is 3.68. The Morgan fingerprint density at radius 2 is 2.10 bits per heavy atom. The number of likely N-dealkylation sites (tertiary alicyclic amines) is 1. The van der Waals surface area contributed by atoms with Gasteiger partial charge in [0.05, 0.1) is 9.88 Å². The van der Waals surface area contributed by atoms with Crippen molar-refractivity contribution in [3.63, 3.8) is 0 Å². The molecule has 6 nitrogen and oxygen atoms in total. The number of hydrogen-bond acceptors (Lipinski definition) is 4. The molecule has 0 aliphatic carbocycles. The Kier molecular flexibility index (Phi) is 4.08. The zero-order chi connectivity index (χ0) is 14.9. The Labute approximate surface area is 120 Å². The number of thiophene rings is 1. The first-order valence-electron chi connectivity index (χ1n) is 6.31. The van der Waals surface area contributed by atoms with Crippen LogP contribution in [0.25, 0.3) is 0 Å².